The standard InChI is InChI=1S/C31H28N6OS/c1-20-11-14-26(17-21(20)2)28-19-39-31(36(28)34-22(3)25-15-12-24(18-32)13-16-25)33-29-23(4)35(5)37(30(29)38)27-9-7-6-8-10-27/h6-17,19H,1-5H3. The third kappa shape index (κ3) is 4.92. The Kier molecular flexibility index (Phi) is 7.01. The van der Waals surface area contributed by atoms with Crippen LogP contribution in [0, 0.1) is 32.1 Å². The summed E-state index contributed by atoms with van der Waals surface area (Å²) in [6.45, 7) is 8.00. The average Bonchev–Trinajstić information content (AvgIpc) is 3.43. The van der Waals surface area contributed by atoms with Crippen LogP contribution in [0.5, 0.6) is 0 Å². The second-order valence-corrected chi connectivity index (χ2v) is 10.2. The van der Waals surface area contributed by atoms with E-state index in [-0.39, 0.29) is 5.56 Å². The molecular formula is C31H28N6OS. The minimum atomic E-state index is -0.193. The highest BCUT2D eigenvalue weighted by atomic mass is 32.1. The summed E-state index contributed by atoms with van der Waals surface area (Å²) in [5.74, 6) is 0. The molecule has 0 amide bonds. The fourth-order valence-electron chi connectivity index (χ4n) is 4.35. The smallest absolute Gasteiger partial charge is 0.283 e. The van der Waals surface area contributed by atoms with Gasteiger partial charge in [0.15, 0.2) is 5.69 Å². The fourth-order valence-corrected chi connectivity index (χ4v) is 5.18. The molecule has 5 rings (SSSR count). The van der Waals surface area contributed by atoms with E-state index in [4.69, 9.17) is 15.4 Å². The summed E-state index contributed by atoms with van der Waals surface area (Å²) in [7, 11) is 1.86. The molecule has 0 radical (unpaired) electrons. The van der Waals surface area contributed by atoms with Gasteiger partial charge in [0.05, 0.1) is 34.4 Å². The van der Waals surface area contributed by atoms with Gasteiger partial charge < -0.3 is 0 Å². The molecule has 39 heavy (non-hydrogen) atoms. The van der Waals surface area contributed by atoms with Crippen LogP contribution in [0.25, 0.3) is 16.9 Å². The van der Waals surface area contributed by atoms with Crippen LogP contribution in [0.4, 0.5) is 5.69 Å². The molecule has 0 atom stereocenters. The summed E-state index contributed by atoms with van der Waals surface area (Å²) < 4.78 is 5.26. The first-order valence-corrected chi connectivity index (χ1v) is 13.4. The highest BCUT2D eigenvalue weighted by Crippen LogP contribution is 2.24. The van der Waals surface area contributed by atoms with E-state index in [1.165, 1.54) is 22.5 Å². The van der Waals surface area contributed by atoms with Gasteiger partial charge in [0.25, 0.3) is 5.56 Å². The normalized spacial score (nSPS) is 12.1. The van der Waals surface area contributed by atoms with Crippen molar-refractivity contribution < 1.29 is 0 Å². The lowest BCUT2D eigenvalue weighted by Crippen LogP contribution is -2.20. The minimum absolute atomic E-state index is 0.193. The first-order valence-electron chi connectivity index (χ1n) is 12.5. The van der Waals surface area contributed by atoms with Gasteiger partial charge in [0.1, 0.15) is 0 Å². The van der Waals surface area contributed by atoms with Gasteiger partial charge in [0, 0.05) is 18.0 Å². The van der Waals surface area contributed by atoms with E-state index in [1.807, 2.05) is 73.4 Å². The molecule has 0 aliphatic carbocycles. The number of thiazole rings is 1. The highest BCUT2D eigenvalue weighted by Gasteiger charge is 2.17. The molecule has 0 bridgehead atoms. The molecule has 0 aliphatic heterocycles. The topological polar surface area (TPSA) is 80.4 Å². The van der Waals surface area contributed by atoms with Gasteiger partial charge >= 0.3 is 0 Å². The number of aryl methyl sites for hydroxylation is 2. The zero-order valence-corrected chi connectivity index (χ0v) is 23.3. The summed E-state index contributed by atoms with van der Waals surface area (Å²) in [5, 5.41) is 16.2. The van der Waals surface area contributed by atoms with Crippen LogP contribution in [-0.4, -0.2) is 19.8 Å². The third-order valence-electron chi connectivity index (χ3n) is 6.90. The van der Waals surface area contributed by atoms with Gasteiger partial charge in [-0.05, 0) is 74.7 Å². The molecule has 2 aromatic heterocycles. The Labute approximate surface area is 230 Å². The van der Waals surface area contributed by atoms with Crippen molar-refractivity contribution in [3.05, 3.63) is 121 Å². The summed E-state index contributed by atoms with van der Waals surface area (Å²) >= 11 is 1.44. The van der Waals surface area contributed by atoms with E-state index in [2.05, 4.69) is 38.1 Å². The Morgan fingerprint density at radius 1 is 0.949 bits per heavy atom. The Morgan fingerprint density at radius 2 is 1.67 bits per heavy atom. The number of hydrogen-bond donors (Lipinski definition) is 0. The van der Waals surface area contributed by atoms with Crippen LogP contribution < -0.4 is 10.4 Å². The summed E-state index contributed by atoms with van der Waals surface area (Å²) in [6, 6.07) is 25.3. The third-order valence-corrected chi connectivity index (χ3v) is 7.72. The number of benzene rings is 3. The maximum Gasteiger partial charge on any atom is 0.297 e. The Balaban J connectivity index is 1.73. The average molecular weight is 533 g/mol. The van der Waals surface area contributed by atoms with Crippen LogP contribution >= 0.6 is 11.3 Å². The molecule has 0 aliphatic rings. The van der Waals surface area contributed by atoms with Crippen LogP contribution in [-0.2, 0) is 7.05 Å². The molecule has 3 aromatic carbocycles. The summed E-state index contributed by atoms with van der Waals surface area (Å²) in [5.41, 5.74) is 8.24. The summed E-state index contributed by atoms with van der Waals surface area (Å²) in [4.78, 5) is 19.0. The maximum absolute atomic E-state index is 13.6. The molecule has 0 saturated heterocycles. The van der Waals surface area contributed by atoms with Crippen molar-refractivity contribution in [2.75, 3.05) is 0 Å². The van der Waals surface area contributed by atoms with E-state index in [9.17, 15) is 4.79 Å². The lowest BCUT2D eigenvalue weighted by atomic mass is 10.1. The second-order valence-electron chi connectivity index (χ2n) is 9.41. The fraction of sp³-hybridized carbons (Fsp3) is 0.161. The zero-order chi connectivity index (χ0) is 27.7. The van der Waals surface area contributed by atoms with Crippen LogP contribution in [0.15, 0.2) is 93.1 Å². The number of nitriles is 1. The second kappa shape index (κ2) is 10.6. The molecule has 194 valence electrons. The van der Waals surface area contributed by atoms with Gasteiger partial charge in [-0.3, -0.25) is 9.48 Å². The molecule has 5 aromatic rings. The number of nitrogens with zero attached hydrogens (tertiary/aromatic N) is 6. The van der Waals surface area contributed by atoms with Crippen LogP contribution in [0.2, 0.25) is 0 Å². The lowest BCUT2D eigenvalue weighted by Gasteiger charge is -2.08. The van der Waals surface area contributed by atoms with Crippen molar-refractivity contribution in [1.82, 2.24) is 14.0 Å². The zero-order valence-electron chi connectivity index (χ0n) is 22.5. The van der Waals surface area contributed by atoms with Crippen molar-refractivity contribution >= 4 is 22.7 Å². The molecule has 7 nitrogen and oxygen atoms in total. The predicted octanol–water partition coefficient (Wildman–Crippen LogP) is 6.01. The molecule has 0 spiro atoms. The van der Waals surface area contributed by atoms with Crippen LogP contribution in [0.1, 0.15) is 34.9 Å². The molecule has 0 N–H and O–H groups in total. The molecule has 0 fully saturated rings. The maximum atomic E-state index is 13.6. The van der Waals surface area contributed by atoms with Gasteiger partial charge in [-0.15, -0.1) is 11.3 Å². The van der Waals surface area contributed by atoms with Gasteiger partial charge in [-0.2, -0.15) is 10.4 Å². The van der Waals surface area contributed by atoms with E-state index >= 15 is 0 Å². The van der Waals surface area contributed by atoms with Crippen molar-refractivity contribution in [2.24, 2.45) is 17.1 Å². The molecule has 0 saturated carbocycles. The van der Waals surface area contributed by atoms with Crippen molar-refractivity contribution in [2.45, 2.75) is 27.7 Å². The quantitative estimate of drug-likeness (QED) is 0.260. The van der Waals surface area contributed by atoms with E-state index in [0.29, 0.717) is 16.1 Å². The molecule has 0 unspecified atom stereocenters. The Morgan fingerprint density at radius 3 is 2.33 bits per heavy atom. The van der Waals surface area contributed by atoms with Crippen molar-refractivity contribution in [3.63, 3.8) is 0 Å². The van der Waals surface area contributed by atoms with E-state index in [1.54, 1.807) is 21.5 Å². The molecule has 8 heteroatoms. The predicted molar refractivity (Wildman–Crippen MR) is 157 cm³/mol. The Hall–Kier alpha value is -4.74. The summed E-state index contributed by atoms with van der Waals surface area (Å²) in [6.07, 6.45) is 0. The van der Waals surface area contributed by atoms with Gasteiger partial charge in [-0.25, -0.2) is 14.4 Å². The molecular weight excluding hydrogens is 504 g/mol. The monoisotopic (exact) mass is 532 g/mol. The van der Waals surface area contributed by atoms with Crippen molar-refractivity contribution in [3.8, 4) is 23.0 Å². The van der Waals surface area contributed by atoms with Crippen molar-refractivity contribution in [1.29, 1.82) is 5.26 Å². The van der Waals surface area contributed by atoms with Crippen LogP contribution in [0.3, 0.4) is 0 Å². The van der Waals surface area contributed by atoms with E-state index < -0.39 is 0 Å². The van der Waals surface area contributed by atoms with Gasteiger partial charge in [-0.1, -0.05) is 42.5 Å². The Bertz CT molecular complexity index is 1880. The number of rotatable bonds is 5. The lowest BCUT2D eigenvalue weighted by molar-refractivity contribution is 0.630. The highest BCUT2D eigenvalue weighted by molar-refractivity contribution is 7.07. The first kappa shape index (κ1) is 25.9. The minimum Gasteiger partial charge on any atom is -0.283 e. The number of para-hydroxylation sites is 1. The molecule has 2 heterocycles. The first-order chi connectivity index (χ1) is 18.8. The SMILES string of the molecule is CC(=Nn1c(-c2ccc(C)c(C)c2)csc1=Nc1c(C)n(C)n(-c2ccccc2)c1=O)c1ccc(C#N)cc1. The number of aromatic nitrogens is 3. The largest absolute Gasteiger partial charge is 0.297 e. The van der Waals surface area contributed by atoms with Gasteiger partial charge in [0.2, 0.25) is 4.80 Å². The van der Waals surface area contributed by atoms with E-state index in [0.717, 1.165) is 33.9 Å². The number of hydrogen-bond acceptors (Lipinski definition) is 5.